The van der Waals surface area contributed by atoms with Crippen LogP contribution in [-0.2, 0) is 9.59 Å². The van der Waals surface area contributed by atoms with E-state index in [-0.39, 0.29) is 12.4 Å². The van der Waals surface area contributed by atoms with Gasteiger partial charge in [-0.1, -0.05) is 32.1 Å². The Morgan fingerprint density at radius 2 is 1.92 bits per heavy atom. The van der Waals surface area contributed by atoms with Gasteiger partial charge in [-0.25, -0.2) is 0 Å². The summed E-state index contributed by atoms with van der Waals surface area (Å²) in [6, 6.07) is 0. The summed E-state index contributed by atoms with van der Waals surface area (Å²) in [6.45, 7) is 3.33. The van der Waals surface area contributed by atoms with Crippen LogP contribution in [0.3, 0.4) is 0 Å². The maximum absolute atomic E-state index is 12.3. The Morgan fingerprint density at radius 1 is 1.21 bits per heavy atom. The summed E-state index contributed by atoms with van der Waals surface area (Å²) in [5.74, 6) is 0.977. The predicted molar refractivity (Wildman–Crippen MR) is 91.6 cm³/mol. The Kier molecular flexibility index (Phi) is 7.49. The fraction of sp³-hybridized carbons (Fsp3) is 0.889. The highest BCUT2D eigenvalue weighted by Crippen LogP contribution is 2.37. The summed E-state index contributed by atoms with van der Waals surface area (Å²) in [5.41, 5.74) is -0.525. The number of nitrogens with one attached hydrogen (secondary N) is 1. The molecule has 0 aromatic carbocycles. The number of likely N-dealkylation sites (tertiary alicyclic amines) is 1. The molecule has 0 aromatic rings. The number of hydrogen-bond acceptors (Lipinski definition) is 4. The van der Waals surface area contributed by atoms with Crippen LogP contribution in [0.15, 0.2) is 0 Å². The zero-order chi connectivity index (χ0) is 17.4. The van der Waals surface area contributed by atoms with E-state index in [4.69, 9.17) is 9.90 Å². The Balaban J connectivity index is 0.000000647. The number of nitrogens with zero attached hydrogens (tertiary/aromatic N) is 1. The summed E-state index contributed by atoms with van der Waals surface area (Å²) in [5, 5.41) is 20.3. The zero-order valence-corrected chi connectivity index (χ0v) is 14.6. The van der Waals surface area contributed by atoms with E-state index in [0.717, 1.165) is 51.4 Å². The Bertz CT molecular complexity index is 412. The molecule has 0 radical (unpaired) electrons. The molecule has 2 heterocycles. The van der Waals surface area contributed by atoms with Gasteiger partial charge in [0.1, 0.15) is 0 Å². The van der Waals surface area contributed by atoms with E-state index in [1.807, 2.05) is 0 Å². The maximum Gasteiger partial charge on any atom is 0.290 e. The number of carbonyl (C=O) groups excluding carboxylic acids is 1. The van der Waals surface area contributed by atoms with Crippen molar-refractivity contribution in [2.75, 3.05) is 26.2 Å². The third-order valence-corrected chi connectivity index (χ3v) is 5.98. The monoisotopic (exact) mass is 340 g/mol. The zero-order valence-electron chi connectivity index (χ0n) is 14.6. The van der Waals surface area contributed by atoms with E-state index in [1.165, 1.54) is 38.5 Å². The SMILES string of the molecule is O=C1NCCC[C@]12CN(CCC1CCCCC1)CC[C@@H]2O.O=CO. The molecule has 0 bridgehead atoms. The van der Waals surface area contributed by atoms with E-state index in [2.05, 4.69) is 10.2 Å². The fourth-order valence-corrected chi connectivity index (χ4v) is 4.56. The lowest BCUT2D eigenvalue weighted by molar-refractivity contribution is -0.149. The summed E-state index contributed by atoms with van der Waals surface area (Å²) in [6.07, 6.45) is 10.4. The van der Waals surface area contributed by atoms with E-state index in [9.17, 15) is 9.90 Å². The van der Waals surface area contributed by atoms with Crippen molar-refractivity contribution >= 4 is 12.4 Å². The van der Waals surface area contributed by atoms with Crippen LogP contribution in [0.25, 0.3) is 0 Å². The number of aliphatic hydroxyl groups excluding tert-OH is 1. The molecule has 0 aromatic heterocycles. The maximum atomic E-state index is 12.3. The first-order valence-electron chi connectivity index (χ1n) is 9.39. The van der Waals surface area contributed by atoms with Crippen molar-refractivity contribution in [2.45, 2.75) is 63.9 Å². The minimum Gasteiger partial charge on any atom is -0.483 e. The normalized spacial score (nSPS) is 31.9. The average Bonchev–Trinajstić information content (AvgIpc) is 2.60. The third-order valence-electron chi connectivity index (χ3n) is 5.98. The van der Waals surface area contributed by atoms with Gasteiger partial charge in [0.25, 0.3) is 6.47 Å². The number of aliphatic hydroxyl groups is 1. The van der Waals surface area contributed by atoms with Crippen molar-refractivity contribution in [3.63, 3.8) is 0 Å². The van der Waals surface area contributed by atoms with Gasteiger partial charge in [-0.2, -0.15) is 0 Å². The molecule has 3 N–H and O–H groups in total. The molecule has 2 saturated heterocycles. The first-order chi connectivity index (χ1) is 11.6. The van der Waals surface area contributed by atoms with Crippen LogP contribution in [0, 0.1) is 11.3 Å². The molecule has 3 rings (SSSR count). The van der Waals surface area contributed by atoms with Gasteiger partial charge < -0.3 is 20.4 Å². The molecule has 3 aliphatic rings. The molecule has 3 fully saturated rings. The minimum atomic E-state index is -0.525. The number of piperidine rings is 2. The van der Waals surface area contributed by atoms with E-state index < -0.39 is 11.5 Å². The largest absolute Gasteiger partial charge is 0.483 e. The van der Waals surface area contributed by atoms with Crippen molar-refractivity contribution in [1.29, 1.82) is 0 Å². The van der Waals surface area contributed by atoms with Gasteiger partial charge >= 0.3 is 0 Å². The summed E-state index contributed by atoms with van der Waals surface area (Å²) in [7, 11) is 0. The average molecular weight is 340 g/mol. The lowest BCUT2D eigenvalue weighted by Gasteiger charge is -2.47. The molecule has 1 spiro atoms. The number of hydrogen-bond donors (Lipinski definition) is 3. The molecule has 2 aliphatic heterocycles. The molecular formula is C18H32N2O4. The molecule has 6 heteroatoms. The fourth-order valence-electron chi connectivity index (χ4n) is 4.56. The Hall–Kier alpha value is -1.14. The highest BCUT2D eigenvalue weighted by molar-refractivity contribution is 5.84. The van der Waals surface area contributed by atoms with Gasteiger partial charge in [0.05, 0.1) is 11.5 Å². The van der Waals surface area contributed by atoms with Gasteiger partial charge in [-0.05, 0) is 38.1 Å². The van der Waals surface area contributed by atoms with Crippen LogP contribution in [0.1, 0.15) is 57.8 Å². The van der Waals surface area contributed by atoms with Gasteiger partial charge in [-0.15, -0.1) is 0 Å². The molecule has 6 nitrogen and oxygen atoms in total. The number of amides is 1. The van der Waals surface area contributed by atoms with E-state index in [1.54, 1.807) is 0 Å². The number of carboxylic acid groups (broad SMARTS) is 1. The second kappa shape index (κ2) is 9.37. The topological polar surface area (TPSA) is 89.9 Å². The second-order valence-electron chi connectivity index (χ2n) is 7.49. The molecule has 138 valence electrons. The first kappa shape index (κ1) is 19.2. The van der Waals surface area contributed by atoms with Crippen molar-refractivity contribution < 1.29 is 19.8 Å². The van der Waals surface area contributed by atoms with Crippen molar-refractivity contribution in [2.24, 2.45) is 11.3 Å². The summed E-state index contributed by atoms with van der Waals surface area (Å²) in [4.78, 5) is 23.1. The number of rotatable bonds is 3. The van der Waals surface area contributed by atoms with Crippen LogP contribution in [0.2, 0.25) is 0 Å². The van der Waals surface area contributed by atoms with Gasteiger partial charge in [0.2, 0.25) is 5.91 Å². The van der Waals surface area contributed by atoms with Gasteiger partial charge in [0.15, 0.2) is 0 Å². The molecular weight excluding hydrogens is 308 g/mol. The molecule has 0 unspecified atom stereocenters. The van der Waals surface area contributed by atoms with Crippen molar-refractivity contribution in [3.05, 3.63) is 0 Å². The van der Waals surface area contributed by atoms with E-state index in [0.29, 0.717) is 0 Å². The summed E-state index contributed by atoms with van der Waals surface area (Å²) < 4.78 is 0. The van der Waals surface area contributed by atoms with Crippen molar-refractivity contribution in [1.82, 2.24) is 10.2 Å². The second-order valence-corrected chi connectivity index (χ2v) is 7.49. The van der Waals surface area contributed by atoms with Crippen LogP contribution < -0.4 is 5.32 Å². The molecule has 1 aliphatic carbocycles. The van der Waals surface area contributed by atoms with Gasteiger partial charge in [-0.3, -0.25) is 9.59 Å². The highest BCUT2D eigenvalue weighted by Gasteiger charge is 2.49. The lowest BCUT2D eigenvalue weighted by Crippen LogP contribution is -2.61. The minimum absolute atomic E-state index is 0.0867. The van der Waals surface area contributed by atoms with Crippen molar-refractivity contribution in [3.8, 4) is 0 Å². The predicted octanol–water partition coefficient (Wildman–Crippen LogP) is 1.62. The standard InChI is InChI=1S/C17H30N2O2.CH2O2/c20-15-8-12-19(11-7-14-5-2-1-3-6-14)13-17(15)9-4-10-18-16(17)21;2-1-3/h14-15,20H,1-13H2,(H,18,21);1H,(H,2,3)/t15-,17+;/m0./s1. The van der Waals surface area contributed by atoms with Crippen LogP contribution in [0.5, 0.6) is 0 Å². The third kappa shape index (κ3) is 4.70. The molecule has 1 saturated carbocycles. The highest BCUT2D eigenvalue weighted by atomic mass is 16.3. The summed E-state index contributed by atoms with van der Waals surface area (Å²) >= 11 is 0. The molecule has 2 atom stereocenters. The smallest absolute Gasteiger partial charge is 0.290 e. The van der Waals surface area contributed by atoms with E-state index >= 15 is 0 Å². The first-order valence-corrected chi connectivity index (χ1v) is 9.39. The lowest BCUT2D eigenvalue weighted by atomic mass is 9.71. The van der Waals surface area contributed by atoms with Gasteiger partial charge in [0, 0.05) is 19.6 Å². The van der Waals surface area contributed by atoms with Crippen LogP contribution in [-0.4, -0.2) is 59.8 Å². The van der Waals surface area contributed by atoms with Crippen LogP contribution in [0.4, 0.5) is 0 Å². The van der Waals surface area contributed by atoms with Crippen LogP contribution >= 0.6 is 0 Å². The quantitative estimate of drug-likeness (QED) is 0.679. The molecule has 24 heavy (non-hydrogen) atoms. The Labute approximate surface area is 144 Å². The number of carbonyl (C=O) groups is 2. The molecule has 1 amide bonds. The Morgan fingerprint density at radius 3 is 2.58 bits per heavy atom.